The molecule has 7 nitrogen and oxygen atoms in total. The Balaban J connectivity index is 1.55. The van der Waals surface area contributed by atoms with Gasteiger partial charge in [0, 0.05) is 17.8 Å². The molecule has 0 aliphatic carbocycles. The molecule has 0 saturated heterocycles. The summed E-state index contributed by atoms with van der Waals surface area (Å²) in [5.41, 5.74) is 2.04. The van der Waals surface area contributed by atoms with Gasteiger partial charge in [0.2, 0.25) is 0 Å². The maximum Gasteiger partial charge on any atom is 0.287 e. The molecule has 29 heavy (non-hydrogen) atoms. The van der Waals surface area contributed by atoms with E-state index in [2.05, 4.69) is 10.4 Å². The number of aromatic nitrogens is 2. The minimum atomic E-state index is -0.270. The van der Waals surface area contributed by atoms with Crippen LogP contribution in [0.2, 0.25) is 0 Å². The Morgan fingerprint density at radius 1 is 1.14 bits per heavy atom. The largest absolute Gasteiger partial charge is 0.494 e. The number of hydrogen-bond donors (Lipinski definition) is 1. The topological polar surface area (TPSA) is 78.5 Å². The first kappa shape index (κ1) is 20.5. The van der Waals surface area contributed by atoms with Crippen LogP contribution in [0.25, 0.3) is 0 Å². The Bertz CT molecular complexity index is 943. The van der Waals surface area contributed by atoms with E-state index in [1.165, 1.54) is 0 Å². The van der Waals surface area contributed by atoms with Gasteiger partial charge in [0.25, 0.3) is 5.91 Å². The molecule has 1 aromatic carbocycles. The second-order valence-electron chi connectivity index (χ2n) is 6.66. The summed E-state index contributed by atoms with van der Waals surface area (Å²) >= 11 is 0. The summed E-state index contributed by atoms with van der Waals surface area (Å²) < 4.78 is 18.7. The van der Waals surface area contributed by atoms with Crippen LogP contribution in [0.15, 0.2) is 47.0 Å². The highest BCUT2D eigenvalue weighted by molar-refractivity contribution is 5.91. The van der Waals surface area contributed by atoms with Crippen molar-refractivity contribution in [3.8, 4) is 11.5 Å². The summed E-state index contributed by atoms with van der Waals surface area (Å²) in [7, 11) is 0. The second kappa shape index (κ2) is 9.32. The average Bonchev–Trinajstić information content (AvgIpc) is 3.34. The number of carbonyl (C=O) groups is 1. The van der Waals surface area contributed by atoms with Gasteiger partial charge in [-0.15, -0.1) is 0 Å². The zero-order valence-electron chi connectivity index (χ0n) is 17.3. The van der Waals surface area contributed by atoms with Crippen LogP contribution in [0, 0.1) is 6.92 Å². The molecule has 2 aromatic heterocycles. The number of benzene rings is 1. The predicted octanol–water partition coefficient (Wildman–Crippen LogP) is 4.27. The molecule has 0 radical (unpaired) electrons. The van der Waals surface area contributed by atoms with Gasteiger partial charge in [0.1, 0.15) is 23.9 Å². The molecule has 1 unspecified atom stereocenters. The van der Waals surface area contributed by atoms with Crippen LogP contribution in [0.4, 0.5) is 0 Å². The van der Waals surface area contributed by atoms with Crippen molar-refractivity contribution in [3.63, 3.8) is 0 Å². The molecule has 0 bridgehead atoms. The summed E-state index contributed by atoms with van der Waals surface area (Å²) in [5.74, 6) is 2.06. The van der Waals surface area contributed by atoms with Gasteiger partial charge in [-0.05, 0) is 64.1 Å². The van der Waals surface area contributed by atoms with E-state index in [0.717, 1.165) is 23.6 Å². The molecule has 0 fully saturated rings. The van der Waals surface area contributed by atoms with Gasteiger partial charge in [-0.2, -0.15) is 5.10 Å². The van der Waals surface area contributed by atoms with Crippen molar-refractivity contribution in [3.05, 3.63) is 65.4 Å². The monoisotopic (exact) mass is 397 g/mol. The van der Waals surface area contributed by atoms with E-state index < -0.39 is 0 Å². The Hall–Kier alpha value is -3.22. The van der Waals surface area contributed by atoms with E-state index in [1.54, 1.807) is 18.3 Å². The standard InChI is InChI=1S/C22H27N3O4/c1-5-25-16(4)20(13-23-25)15(3)24-22(26)21-12-11-19(29-21)14-28-18-9-7-17(8-10-18)27-6-2/h7-13,15H,5-6,14H2,1-4H3,(H,24,26). The lowest BCUT2D eigenvalue weighted by Crippen LogP contribution is -2.26. The Morgan fingerprint density at radius 3 is 2.45 bits per heavy atom. The van der Waals surface area contributed by atoms with Crippen molar-refractivity contribution in [2.24, 2.45) is 0 Å². The summed E-state index contributed by atoms with van der Waals surface area (Å²) in [6, 6.07) is 10.6. The first-order valence-electron chi connectivity index (χ1n) is 9.79. The predicted molar refractivity (Wildman–Crippen MR) is 109 cm³/mol. The third kappa shape index (κ3) is 4.99. The average molecular weight is 397 g/mol. The van der Waals surface area contributed by atoms with Crippen molar-refractivity contribution in [2.45, 2.75) is 46.9 Å². The highest BCUT2D eigenvalue weighted by atomic mass is 16.5. The van der Waals surface area contributed by atoms with Gasteiger partial charge in [0.15, 0.2) is 5.76 Å². The molecule has 1 atom stereocenters. The summed E-state index contributed by atoms with van der Waals surface area (Å²) in [6.07, 6.45) is 1.79. The smallest absolute Gasteiger partial charge is 0.287 e. The van der Waals surface area contributed by atoms with Crippen LogP contribution in [-0.4, -0.2) is 22.3 Å². The maximum atomic E-state index is 12.5. The van der Waals surface area contributed by atoms with Crippen LogP contribution >= 0.6 is 0 Å². The minimum Gasteiger partial charge on any atom is -0.494 e. The Labute approximate surface area is 170 Å². The first-order valence-corrected chi connectivity index (χ1v) is 9.79. The van der Waals surface area contributed by atoms with Crippen molar-refractivity contribution < 1.29 is 18.7 Å². The van der Waals surface area contributed by atoms with E-state index in [9.17, 15) is 4.79 Å². The molecule has 1 amide bonds. The maximum absolute atomic E-state index is 12.5. The molecule has 7 heteroatoms. The third-order valence-corrected chi connectivity index (χ3v) is 4.66. The fraction of sp³-hybridized carbons (Fsp3) is 0.364. The molecule has 154 valence electrons. The fourth-order valence-corrected chi connectivity index (χ4v) is 3.08. The van der Waals surface area contributed by atoms with E-state index in [4.69, 9.17) is 13.9 Å². The molecule has 3 aromatic rings. The lowest BCUT2D eigenvalue weighted by atomic mass is 10.1. The SMILES string of the molecule is CCOc1ccc(OCc2ccc(C(=O)NC(C)c3cnn(CC)c3C)o2)cc1. The molecular weight excluding hydrogens is 370 g/mol. The van der Waals surface area contributed by atoms with Crippen LogP contribution in [0.1, 0.15) is 54.4 Å². The van der Waals surface area contributed by atoms with Crippen molar-refractivity contribution in [1.82, 2.24) is 15.1 Å². The van der Waals surface area contributed by atoms with E-state index in [1.807, 2.05) is 56.6 Å². The zero-order valence-corrected chi connectivity index (χ0v) is 17.3. The third-order valence-electron chi connectivity index (χ3n) is 4.66. The lowest BCUT2D eigenvalue weighted by molar-refractivity contribution is 0.0907. The van der Waals surface area contributed by atoms with Crippen molar-refractivity contribution in [2.75, 3.05) is 6.61 Å². The molecule has 3 rings (SSSR count). The highest BCUT2D eigenvalue weighted by Crippen LogP contribution is 2.20. The number of hydrogen-bond acceptors (Lipinski definition) is 5. The van der Waals surface area contributed by atoms with Crippen molar-refractivity contribution in [1.29, 1.82) is 0 Å². The van der Waals surface area contributed by atoms with Crippen LogP contribution in [-0.2, 0) is 13.2 Å². The molecule has 0 spiro atoms. The number of furan rings is 1. The summed E-state index contributed by atoms with van der Waals surface area (Å²) in [6.45, 7) is 9.55. The van der Waals surface area contributed by atoms with Crippen LogP contribution < -0.4 is 14.8 Å². The molecule has 2 heterocycles. The van der Waals surface area contributed by atoms with Crippen LogP contribution in [0.3, 0.4) is 0 Å². The van der Waals surface area contributed by atoms with E-state index in [0.29, 0.717) is 18.1 Å². The number of amides is 1. The molecule has 0 saturated carbocycles. The van der Waals surface area contributed by atoms with Gasteiger partial charge in [-0.25, -0.2) is 0 Å². The highest BCUT2D eigenvalue weighted by Gasteiger charge is 2.18. The number of aryl methyl sites for hydroxylation is 1. The number of nitrogens with one attached hydrogen (secondary N) is 1. The van der Waals surface area contributed by atoms with Gasteiger partial charge >= 0.3 is 0 Å². The number of rotatable bonds is 9. The lowest BCUT2D eigenvalue weighted by Gasteiger charge is -2.13. The molecular formula is C22H27N3O4. The summed E-state index contributed by atoms with van der Waals surface area (Å²) in [5, 5.41) is 7.28. The fourth-order valence-electron chi connectivity index (χ4n) is 3.08. The molecule has 1 N–H and O–H groups in total. The first-order chi connectivity index (χ1) is 14.0. The number of ether oxygens (including phenoxy) is 2. The Morgan fingerprint density at radius 2 is 1.83 bits per heavy atom. The number of nitrogens with zero attached hydrogens (tertiary/aromatic N) is 2. The Kier molecular flexibility index (Phi) is 6.59. The van der Waals surface area contributed by atoms with E-state index in [-0.39, 0.29) is 24.3 Å². The van der Waals surface area contributed by atoms with Crippen molar-refractivity contribution >= 4 is 5.91 Å². The normalized spacial score (nSPS) is 11.9. The zero-order chi connectivity index (χ0) is 20.8. The number of carbonyl (C=O) groups excluding carboxylic acids is 1. The summed E-state index contributed by atoms with van der Waals surface area (Å²) in [4.78, 5) is 12.5. The van der Waals surface area contributed by atoms with Gasteiger partial charge in [-0.1, -0.05) is 0 Å². The second-order valence-corrected chi connectivity index (χ2v) is 6.66. The minimum absolute atomic E-state index is 0.170. The molecule has 0 aliphatic heterocycles. The van der Waals surface area contributed by atoms with E-state index >= 15 is 0 Å². The molecule has 0 aliphatic rings. The van der Waals surface area contributed by atoms with Gasteiger partial charge < -0.3 is 19.2 Å². The van der Waals surface area contributed by atoms with Gasteiger partial charge in [0.05, 0.1) is 18.8 Å². The van der Waals surface area contributed by atoms with Crippen LogP contribution in [0.5, 0.6) is 11.5 Å². The quantitative estimate of drug-likeness (QED) is 0.583. The van der Waals surface area contributed by atoms with Gasteiger partial charge in [-0.3, -0.25) is 9.48 Å².